The zero-order chi connectivity index (χ0) is 63.6. The smallest absolute Gasteiger partial charge is 0.462 e. The van der Waals surface area contributed by atoms with Gasteiger partial charge in [0.25, 0.3) is 0 Å². The second-order valence-electron chi connectivity index (χ2n) is 24.2. The van der Waals surface area contributed by atoms with Crippen molar-refractivity contribution in [1.29, 1.82) is 0 Å². The molecule has 0 saturated heterocycles. The number of aliphatic hydroxyl groups is 1. The van der Waals surface area contributed by atoms with Crippen LogP contribution in [0.15, 0.2) is 24.3 Å². The summed E-state index contributed by atoms with van der Waals surface area (Å²) >= 11 is 0. The van der Waals surface area contributed by atoms with Crippen LogP contribution >= 0.6 is 15.6 Å². The molecule has 0 radical (unpaired) electrons. The summed E-state index contributed by atoms with van der Waals surface area (Å²) in [5.74, 6) is -0.665. The maximum Gasteiger partial charge on any atom is 0.472 e. The summed E-state index contributed by atoms with van der Waals surface area (Å²) in [4.78, 5) is 72.2. The first-order valence-electron chi connectivity index (χ1n) is 34.3. The van der Waals surface area contributed by atoms with Gasteiger partial charge < -0.3 is 33.8 Å². The van der Waals surface area contributed by atoms with E-state index in [1.54, 1.807) is 0 Å². The summed E-state index contributed by atoms with van der Waals surface area (Å²) in [5, 5.41) is 10.5. The number of rotatable bonds is 64. The number of hydrogen-bond donors (Lipinski definition) is 3. The molecule has 86 heavy (non-hydrogen) atoms. The van der Waals surface area contributed by atoms with Gasteiger partial charge in [-0.2, -0.15) is 0 Å². The number of allylic oxidation sites excluding steroid dienone is 4. The molecule has 0 rings (SSSR count). The predicted octanol–water partition coefficient (Wildman–Crippen LogP) is 18.4. The Kier molecular flexibility index (Phi) is 57.2. The minimum atomic E-state index is -4.96. The average Bonchev–Trinajstić information content (AvgIpc) is 3.64. The Balaban J connectivity index is 5.26. The molecule has 506 valence electrons. The Morgan fingerprint density at radius 2 is 0.686 bits per heavy atom. The molecule has 0 bridgehead atoms. The summed E-state index contributed by atoms with van der Waals surface area (Å²) in [5.41, 5.74) is 0. The van der Waals surface area contributed by atoms with Crippen molar-refractivity contribution in [2.24, 2.45) is 11.8 Å². The van der Waals surface area contributed by atoms with Gasteiger partial charge in [-0.1, -0.05) is 258 Å². The lowest BCUT2D eigenvalue weighted by atomic mass is 9.99. The second-order valence-corrected chi connectivity index (χ2v) is 27.1. The monoisotopic (exact) mass is 1260 g/mol. The molecule has 0 aromatic rings. The van der Waals surface area contributed by atoms with Crippen LogP contribution in [0.2, 0.25) is 0 Å². The van der Waals surface area contributed by atoms with Gasteiger partial charge in [-0.15, -0.1) is 0 Å². The summed E-state index contributed by atoms with van der Waals surface area (Å²) < 4.78 is 68.0. The first-order valence-corrected chi connectivity index (χ1v) is 37.3. The highest BCUT2D eigenvalue weighted by atomic mass is 31.2. The first kappa shape index (κ1) is 83.5. The number of phosphoric ester groups is 2. The van der Waals surface area contributed by atoms with E-state index in [0.717, 1.165) is 121 Å². The van der Waals surface area contributed by atoms with E-state index in [0.29, 0.717) is 31.6 Å². The molecule has 0 aliphatic heterocycles. The summed E-state index contributed by atoms with van der Waals surface area (Å²) in [7, 11) is -9.90. The minimum absolute atomic E-state index is 0.0845. The zero-order valence-corrected chi connectivity index (χ0v) is 56.9. The largest absolute Gasteiger partial charge is 0.472 e. The van der Waals surface area contributed by atoms with Crippen LogP contribution in [0.4, 0.5) is 0 Å². The van der Waals surface area contributed by atoms with Crippen LogP contribution in [0.25, 0.3) is 0 Å². The maximum absolute atomic E-state index is 13.0. The highest BCUT2D eigenvalue weighted by molar-refractivity contribution is 7.47. The second kappa shape index (κ2) is 58.9. The number of aliphatic hydroxyl groups excluding tert-OH is 1. The number of hydrogen-bond acceptors (Lipinski definition) is 15. The predicted molar refractivity (Wildman–Crippen MR) is 344 cm³/mol. The summed E-state index contributed by atoms with van der Waals surface area (Å²) in [6, 6.07) is 0. The van der Waals surface area contributed by atoms with Gasteiger partial charge in [-0.25, -0.2) is 9.13 Å². The fourth-order valence-electron chi connectivity index (χ4n) is 9.49. The molecule has 0 amide bonds. The van der Waals surface area contributed by atoms with Crippen molar-refractivity contribution in [3.05, 3.63) is 24.3 Å². The van der Waals surface area contributed by atoms with Crippen LogP contribution in [0, 0.1) is 11.8 Å². The van der Waals surface area contributed by atoms with Crippen molar-refractivity contribution in [3.63, 3.8) is 0 Å². The summed E-state index contributed by atoms with van der Waals surface area (Å²) in [6.07, 6.45) is 45.4. The van der Waals surface area contributed by atoms with Crippen molar-refractivity contribution in [2.75, 3.05) is 39.6 Å². The van der Waals surface area contributed by atoms with Crippen LogP contribution in [0.3, 0.4) is 0 Å². The number of carbonyl (C=O) groups excluding carboxylic acids is 4. The fraction of sp³-hybridized carbons (Fsp3) is 0.881. The third kappa shape index (κ3) is 59.2. The third-order valence-electron chi connectivity index (χ3n) is 15.2. The maximum atomic E-state index is 13.0. The molecule has 6 atom stereocenters. The number of ether oxygens (including phenoxy) is 4. The lowest BCUT2D eigenvalue weighted by molar-refractivity contribution is -0.161. The van der Waals surface area contributed by atoms with Crippen molar-refractivity contribution in [2.45, 2.75) is 330 Å². The van der Waals surface area contributed by atoms with Gasteiger partial charge in [0.1, 0.15) is 19.3 Å². The molecule has 3 N–H and O–H groups in total. The van der Waals surface area contributed by atoms with Crippen molar-refractivity contribution < 1.29 is 80.2 Å². The molecule has 0 aliphatic rings. The van der Waals surface area contributed by atoms with Gasteiger partial charge in [0.15, 0.2) is 12.2 Å². The van der Waals surface area contributed by atoms with Crippen LogP contribution in [0.1, 0.15) is 311 Å². The van der Waals surface area contributed by atoms with Crippen LogP contribution < -0.4 is 0 Å². The highest BCUT2D eigenvalue weighted by Gasteiger charge is 2.30. The molecular weight excluding hydrogens is 1140 g/mol. The van der Waals surface area contributed by atoms with E-state index in [1.165, 1.54) is 103 Å². The highest BCUT2D eigenvalue weighted by Crippen LogP contribution is 2.45. The standard InChI is InChI=1S/C67H126O17P2/c1-7-10-12-14-16-17-18-19-20-21-22-27-33-39-45-51-66(71)83-63(56-78-65(70)50-44-38-32-26-24-23-25-31-36-42-48-60(6)9-3)58-82-86(75,76)80-54-61(68)53-79-85(73,74)81-57-62(55-77-64(69)49-43-37-29-15-13-11-8-2)84-67(72)52-46-40-34-28-30-35-41-47-59(4)5/h17-20,59-63,68H,7-16,21-58H2,1-6H3,(H,73,74)(H,75,76)/b18-17-,20-19-/t60?,61-,62+,63+/m0/s1. The minimum Gasteiger partial charge on any atom is -0.462 e. The molecule has 0 aromatic heterocycles. The quantitative estimate of drug-likeness (QED) is 0.0169. The number of phosphoric acid groups is 2. The van der Waals surface area contributed by atoms with Gasteiger partial charge in [0.2, 0.25) is 0 Å². The van der Waals surface area contributed by atoms with Crippen LogP contribution in [-0.2, 0) is 65.4 Å². The number of carbonyl (C=O) groups is 4. The van der Waals surface area contributed by atoms with E-state index in [-0.39, 0.29) is 25.7 Å². The molecule has 3 unspecified atom stereocenters. The van der Waals surface area contributed by atoms with Crippen LogP contribution in [0.5, 0.6) is 0 Å². The molecule has 0 fully saturated rings. The molecule has 0 aromatic carbocycles. The first-order chi connectivity index (χ1) is 41.4. The average molecular weight is 1270 g/mol. The fourth-order valence-corrected chi connectivity index (χ4v) is 11.1. The SMILES string of the molecule is CCCCCC/C=C\C=C/CCCCCCCC(=O)O[C@H](COC(=O)CCCCCCCCCCCCC(C)CC)COP(=O)(O)OC[C@@H](O)COP(=O)(O)OC[C@@H](COC(=O)CCCCCCCCC)OC(=O)CCCCCCCCCC(C)C. The van der Waals surface area contributed by atoms with Gasteiger partial charge in [0.05, 0.1) is 26.4 Å². The molecule has 0 heterocycles. The van der Waals surface area contributed by atoms with Gasteiger partial charge in [-0.3, -0.25) is 37.3 Å². The van der Waals surface area contributed by atoms with Gasteiger partial charge >= 0.3 is 39.5 Å². The van der Waals surface area contributed by atoms with Crippen molar-refractivity contribution in [1.82, 2.24) is 0 Å². The van der Waals surface area contributed by atoms with Gasteiger partial charge in [0, 0.05) is 25.7 Å². The Morgan fingerprint density at radius 3 is 1.05 bits per heavy atom. The molecule has 19 heteroatoms. The topological polar surface area (TPSA) is 237 Å². The lowest BCUT2D eigenvalue weighted by Gasteiger charge is -2.21. The Bertz CT molecular complexity index is 1780. The number of esters is 4. The normalized spacial score (nSPS) is 14.7. The van der Waals surface area contributed by atoms with E-state index in [4.69, 9.17) is 37.0 Å². The number of unbranched alkanes of at least 4 members (excludes halogenated alkanes) is 30. The van der Waals surface area contributed by atoms with Crippen molar-refractivity contribution >= 4 is 39.5 Å². The molecule has 0 spiro atoms. The van der Waals surface area contributed by atoms with E-state index in [1.807, 2.05) is 0 Å². The summed E-state index contributed by atoms with van der Waals surface area (Å²) in [6.45, 7) is 9.37. The van der Waals surface area contributed by atoms with Crippen molar-refractivity contribution in [3.8, 4) is 0 Å². The Hall–Kier alpha value is -2.46. The van der Waals surface area contributed by atoms with E-state index in [9.17, 15) is 43.2 Å². The van der Waals surface area contributed by atoms with E-state index >= 15 is 0 Å². The molecule has 0 aliphatic carbocycles. The molecular formula is C67H126O17P2. The van der Waals surface area contributed by atoms with E-state index in [2.05, 4.69) is 65.8 Å². The Morgan fingerprint density at radius 1 is 0.384 bits per heavy atom. The molecule has 0 saturated carbocycles. The van der Waals surface area contributed by atoms with Gasteiger partial charge in [-0.05, 0) is 63.2 Å². The van der Waals surface area contributed by atoms with Crippen LogP contribution in [-0.4, -0.2) is 96.7 Å². The molecule has 17 nitrogen and oxygen atoms in total. The third-order valence-corrected chi connectivity index (χ3v) is 17.1. The Labute approximate surface area is 522 Å². The van der Waals surface area contributed by atoms with E-state index < -0.39 is 97.5 Å². The zero-order valence-electron chi connectivity index (χ0n) is 55.1. The lowest BCUT2D eigenvalue weighted by Crippen LogP contribution is -2.30.